The quantitative estimate of drug-likeness (QED) is 0.636. The van der Waals surface area contributed by atoms with Crippen molar-refractivity contribution in [1.82, 2.24) is 9.97 Å². The van der Waals surface area contributed by atoms with Gasteiger partial charge in [0.1, 0.15) is 17.5 Å². The van der Waals surface area contributed by atoms with Crippen LogP contribution in [0, 0.1) is 13.8 Å². The Hall–Kier alpha value is -1.36. The normalized spacial score (nSPS) is 10.2. The lowest BCUT2D eigenvalue weighted by Crippen LogP contribution is -2.11. The maximum Gasteiger partial charge on any atom is 0.134 e. The van der Waals surface area contributed by atoms with Crippen molar-refractivity contribution in [2.24, 2.45) is 0 Å². The minimum absolute atomic E-state index is 0.191. The number of aromatic nitrogens is 2. The molecule has 3 N–H and O–H groups in total. The third-order valence-electron chi connectivity index (χ3n) is 2.23. The van der Waals surface area contributed by atoms with Crippen LogP contribution in [0.15, 0.2) is 0 Å². The van der Waals surface area contributed by atoms with Crippen molar-refractivity contribution in [1.29, 1.82) is 0 Å². The number of hydrogen-bond donors (Lipinski definition) is 3. The van der Waals surface area contributed by atoms with E-state index < -0.39 is 0 Å². The van der Waals surface area contributed by atoms with E-state index in [2.05, 4.69) is 20.6 Å². The summed E-state index contributed by atoms with van der Waals surface area (Å²) in [6, 6.07) is 0. The largest absolute Gasteiger partial charge is 0.396 e. The molecule has 1 heterocycles. The van der Waals surface area contributed by atoms with Crippen LogP contribution < -0.4 is 10.6 Å². The number of aliphatic hydroxyl groups is 1. The SMILES string of the molecule is CCNc1nc(C)nc(NCCCO)c1C. The van der Waals surface area contributed by atoms with Gasteiger partial charge in [-0.1, -0.05) is 0 Å². The average Bonchev–Trinajstić information content (AvgIpc) is 2.25. The van der Waals surface area contributed by atoms with E-state index in [-0.39, 0.29) is 6.61 Å². The topological polar surface area (TPSA) is 70.1 Å². The smallest absolute Gasteiger partial charge is 0.134 e. The van der Waals surface area contributed by atoms with Gasteiger partial charge >= 0.3 is 0 Å². The van der Waals surface area contributed by atoms with Crippen LogP contribution in [-0.2, 0) is 0 Å². The number of rotatable bonds is 6. The number of hydrogen-bond acceptors (Lipinski definition) is 5. The van der Waals surface area contributed by atoms with Gasteiger partial charge in [0.15, 0.2) is 0 Å². The van der Waals surface area contributed by atoms with Crippen LogP contribution in [0.25, 0.3) is 0 Å². The predicted molar refractivity (Wildman–Crippen MR) is 65.9 cm³/mol. The average molecular weight is 224 g/mol. The maximum atomic E-state index is 8.72. The van der Waals surface area contributed by atoms with Crippen molar-refractivity contribution < 1.29 is 5.11 Å². The Kier molecular flexibility index (Phi) is 4.98. The van der Waals surface area contributed by atoms with Gasteiger partial charge in [-0.3, -0.25) is 0 Å². The molecule has 0 aliphatic carbocycles. The van der Waals surface area contributed by atoms with Gasteiger partial charge in [0.2, 0.25) is 0 Å². The number of aliphatic hydroxyl groups excluding tert-OH is 1. The number of nitrogens with one attached hydrogen (secondary N) is 2. The number of anilines is 2. The van der Waals surface area contributed by atoms with Gasteiger partial charge in [-0.05, 0) is 27.2 Å². The van der Waals surface area contributed by atoms with Gasteiger partial charge in [0.05, 0.1) is 0 Å². The minimum Gasteiger partial charge on any atom is -0.396 e. The third kappa shape index (κ3) is 3.34. The first-order chi connectivity index (χ1) is 7.69. The van der Waals surface area contributed by atoms with E-state index in [1.54, 1.807) is 0 Å². The summed E-state index contributed by atoms with van der Waals surface area (Å²) in [6.45, 7) is 7.65. The molecule has 0 amide bonds. The van der Waals surface area contributed by atoms with E-state index in [1.807, 2.05) is 20.8 Å². The third-order valence-corrected chi connectivity index (χ3v) is 2.23. The standard InChI is InChI=1S/C11H20N4O/c1-4-12-10-8(2)11(13-6-5-7-16)15-9(3)14-10/h16H,4-7H2,1-3H3,(H2,12,13,14,15). The summed E-state index contributed by atoms with van der Waals surface area (Å²) in [6.07, 6.45) is 0.721. The molecular weight excluding hydrogens is 204 g/mol. The summed E-state index contributed by atoms with van der Waals surface area (Å²) >= 11 is 0. The zero-order valence-corrected chi connectivity index (χ0v) is 10.2. The van der Waals surface area contributed by atoms with Crippen LogP contribution in [0.4, 0.5) is 11.6 Å². The Labute approximate surface area is 96.3 Å². The predicted octanol–water partition coefficient (Wildman–Crippen LogP) is 1.32. The first kappa shape index (κ1) is 12.7. The van der Waals surface area contributed by atoms with E-state index in [0.29, 0.717) is 0 Å². The summed E-state index contributed by atoms with van der Waals surface area (Å²) in [5.41, 5.74) is 1.02. The molecule has 0 unspecified atom stereocenters. The fourth-order valence-corrected chi connectivity index (χ4v) is 1.43. The highest BCUT2D eigenvalue weighted by atomic mass is 16.3. The van der Waals surface area contributed by atoms with Crippen molar-refractivity contribution >= 4 is 11.6 Å². The van der Waals surface area contributed by atoms with Gasteiger partial charge < -0.3 is 15.7 Å². The van der Waals surface area contributed by atoms with Crippen LogP contribution in [0.5, 0.6) is 0 Å². The molecule has 0 aliphatic heterocycles. The van der Waals surface area contributed by atoms with E-state index in [1.165, 1.54) is 0 Å². The highest BCUT2D eigenvalue weighted by Crippen LogP contribution is 2.19. The lowest BCUT2D eigenvalue weighted by Gasteiger charge is -2.13. The molecule has 90 valence electrons. The Bertz CT molecular complexity index is 341. The lowest BCUT2D eigenvalue weighted by atomic mass is 10.3. The summed E-state index contributed by atoms with van der Waals surface area (Å²) in [5, 5.41) is 15.1. The molecular formula is C11H20N4O. The molecule has 1 rings (SSSR count). The summed E-state index contributed by atoms with van der Waals surface area (Å²) < 4.78 is 0. The molecule has 16 heavy (non-hydrogen) atoms. The van der Waals surface area contributed by atoms with Crippen LogP contribution in [0.3, 0.4) is 0 Å². The molecule has 1 aromatic rings. The molecule has 0 saturated heterocycles. The Balaban J connectivity index is 2.81. The highest BCUT2D eigenvalue weighted by Gasteiger charge is 2.07. The molecule has 0 fully saturated rings. The van der Waals surface area contributed by atoms with E-state index in [4.69, 9.17) is 5.11 Å². The molecule has 0 saturated carbocycles. The second-order valence-corrected chi connectivity index (χ2v) is 3.63. The van der Waals surface area contributed by atoms with Crippen molar-refractivity contribution in [3.05, 3.63) is 11.4 Å². The molecule has 5 nitrogen and oxygen atoms in total. The van der Waals surface area contributed by atoms with Crippen molar-refractivity contribution in [2.45, 2.75) is 27.2 Å². The van der Waals surface area contributed by atoms with Crippen LogP contribution in [-0.4, -0.2) is 34.8 Å². The molecule has 0 atom stereocenters. The van der Waals surface area contributed by atoms with Crippen molar-refractivity contribution in [3.8, 4) is 0 Å². The van der Waals surface area contributed by atoms with Crippen molar-refractivity contribution in [3.63, 3.8) is 0 Å². The van der Waals surface area contributed by atoms with Gasteiger partial charge in [-0.2, -0.15) is 0 Å². The van der Waals surface area contributed by atoms with Gasteiger partial charge in [-0.15, -0.1) is 0 Å². The molecule has 0 bridgehead atoms. The lowest BCUT2D eigenvalue weighted by molar-refractivity contribution is 0.292. The Morgan fingerprint density at radius 2 is 1.75 bits per heavy atom. The zero-order chi connectivity index (χ0) is 12.0. The zero-order valence-electron chi connectivity index (χ0n) is 10.2. The number of aryl methyl sites for hydroxylation is 1. The van der Waals surface area contributed by atoms with E-state index >= 15 is 0 Å². The van der Waals surface area contributed by atoms with Crippen LogP contribution >= 0.6 is 0 Å². The maximum absolute atomic E-state index is 8.72. The molecule has 0 spiro atoms. The summed E-state index contributed by atoms with van der Waals surface area (Å²) in [5.74, 6) is 2.46. The summed E-state index contributed by atoms with van der Waals surface area (Å²) in [4.78, 5) is 8.68. The van der Waals surface area contributed by atoms with Gasteiger partial charge in [0, 0.05) is 25.3 Å². The molecule has 0 aromatic carbocycles. The van der Waals surface area contributed by atoms with Gasteiger partial charge in [-0.25, -0.2) is 9.97 Å². The monoisotopic (exact) mass is 224 g/mol. The molecule has 1 aromatic heterocycles. The number of nitrogens with zero attached hydrogens (tertiary/aromatic N) is 2. The Morgan fingerprint density at radius 1 is 1.12 bits per heavy atom. The van der Waals surface area contributed by atoms with E-state index in [0.717, 1.165) is 42.5 Å². The van der Waals surface area contributed by atoms with Crippen LogP contribution in [0.2, 0.25) is 0 Å². The Morgan fingerprint density at radius 3 is 2.31 bits per heavy atom. The van der Waals surface area contributed by atoms with Crippen molar-refractivity contribution in [2.75, 3.05) is 30.3 Å². The summed E-state index contributed by atoms with van der Waals surface area (Å²) in [7, 11) is 0. The molecule has 0 aliphatic rings. The minimum atomic E-state index is 0.191. The fourth-order valence-electron chi connectivity index (χ4n) is 1.43. The van der Waals surface area contributed by atoms with Gasteiger partial charge in [0.25, 0.3) is 0 Å². The second-order valence-electron chi connectivity index (χ2n) is 3.63. The highest BCUT2D eigenvalue weighted by molar-refractivity contribution is 5.57. The molecule has 0 radical (unpaired) electrons. The fraction of sp³-hybridized carbons (Fsp3) is 0.636. The first-order valence-corrected chi connectivity index (χ1v) is 5.62. The second kappa shape index (κ2) is 6.27. The van der Waals surface area contributed by atoms with Crippen LogP contribution in [0.1, 0.15) is 24.7 Å². The molecule has 5 heteroatoms. The first-order valence-electron chi connectivity index (χ1n) is 5.62. The van der Waals surface area contributed by atoms with E-state index in [9.17, 15) is 0 Å².